The van der Waals surface area contributed by atoms with Crippen LogP contribution in [0.4, 0.5) is 0 Å². The predicted molar refractivity (Wildman–Crippen MR) is 77.1 cm³/mol. The number of nitrogens with zero attached hydrogens (tertiary/aromatic N) is 1. The van der Waals surface area contributed by atoms with Crippen molar-refractivity contribution in [3.63, 3.8) is 0 Å². The van der Waals surface area contributed by atoms with Gasteiger partial charge in [-0.25, -0.2) is 0 Å². The number of benzene rings is 1. The maximum atomic E-state index is 10.8. The lowest BCUT2D eigenvalue weighted by molar-refractivity contribution is 0.112. The van der Waals surface area contributed by atoms with Crippen LogP contribution in [0.3, 0.4) is 0 Å². The molecule has 20 heavy (non-hydrogen) atoms. The van der Waals surface area contributed by atoms with Crippen LogP contribution >= 0.6 is 0 Å². The predicted octanol–water partition coefficient (Wildman–Crippen LogP) is 3.61. The number of nitriles is 1. The van der Waals surface area contributed by atoms with Gasteiger partial charge in [0.1, 0.15) is 6.29 Å². The Kier molecular flexibility index (Phi) is 6.05. The molecular formula is C16H21NO3. The van der Waals surface area contributed by atoms with Gasteiger partial charge in [0.15, 0.2) is 11.5 Å². The molecule has 1 rings (SSSR count). The average Bonchev–Trinajstić information content (AvgIpc) is 2.45. The Morgan fingerprint density at radius 3 is 2.65 bits per heavy atom. The van der Waals surface area contributed by atoms with Gasteiger partial charge in [-0.05, 0) is 51.8 Å². The number of hydrogen-bond acceptors (Lipinski definition) is 4. The monoisotopic (exact) mass is 275 g/mol. The first kappa shape index (κ1) is 16.0. The minimum Gasteiger partial charge on any atom is -0.490 e. The third-order valence-corrected chi connectivity index (χ3v) is 2.91. The molecule has 0 N–H and O–H groups in total. The first-order valence-corrected chi connectivity index (χ1v) is 6.78. The van der Waals surface area contributed by atoms with Crippen molar-refractivity contribution in [2.45, 2.75) is 33.6 Å². The molecule has 0 saturated heterocycles. The minimum atomic E-state index is -0.326. The molecule has 0 bridgehead atoms. The van der Waals surface area contributed by atoms with E-state index in [1.165, 1.54) is 0 Å². The normalized spacial score (nSPS) is 10.7. The van der Waals surface area contributed by atoms with E-state index < -0.39 is 0 Å². The SMILES string of the molecule is CCOc1cc(C=O)ccc1OCCCC(C)(C)C#N. The van der Waals surface area contributed by atoms with Crippen molar-refractivity contribution in [1.82, 2.24) is 0 Å². The molecule has 0 aromatic heterocycles. The highest BCUT2D eigenvalue weighted by molar-refractivity contribution is 5.76. The molecule has 0 saturated carbocycles. The van der Waals surface area contributed by atoms with Crippen LogP contribution in [0.15, 0.2) is 18.2 Å². The van der Waals surface area contributed by atoms with Gasteiger partial charge in [0.25, 0.3) is 0 Å². The van der Waals surface area contributed by atoms with E-state index in [-0.39, 0.29) is 5.41 Å². The van der Waals surface area contributed by atoms with Crippen molar-refractivity contribution in [2.75, 3.05) is 13.2 Å². The number of rotatable bonds is 8. The smallest absolute Gasteiger partial charge is 0.161 e. The average molecular weight is 275 g/mol. The molecule has 0 aliphatic rings. The van der Waals surface area contributed by atoms with Gasteiger partial charge in [-0.2, -0.15) is 5.26 Å². The second-order valence-electron chi connectivity index (χ2n) is 5.20. The molecule has 4 nitrogen and oxygen atoms in total. The van der Waals surface area contributed by atoms with E-state index in [2.05, 4.69) is 6.07 Å². The highest BCUT2D eigenvalue weighted by Gasteiger charge is 2.16. The van der Waals surface area contributed by atoms with Crippen LogP contribution in [-0.2, 0) is 0 Å². The Labute approximate surface area is 120 Å². The molecule has 0 heterocycles. The lowest BCUT2D eigenvalue weighted by atomic mass is 9.90. The fraction of sp³-hybridized carbons (Fsp3) is 0.500. The number of carbonyl (C=O) groups excluding carboxylic acids is 1. The first-order valence-electron chi connectivity index (χ1n) is 6.78. The zero-order chi connectivity index (χ0) is 15.0. The maximum Gasteiger partial charge on any atom is 0.161 e. The molecule has 0 amide bonds. The van der Waals surface area contributed by atoms with E-state index >= 15 is 0 Å². The second kappa shape index (κ2) is 7.54. The van der Waals surface area contributed by atoms with Crippen molar-refractivity contribution in [1.29, 1.82) is 5.26 Å². The molecule has 0 fully saturated rings. The van der Waals surface area contributed by atoms with Crippen LogP contribution < -0.4 is 9.47 Å². The van der Waals surface area contributed by atoms with E-state index in [9.17, 15) is 4.79 Å². The van der Waals surface area contributed by atoms with Crippen LogP contribution in [-0.4, -0.2) is 19.5 Å². The Hall–Kier alpha value is -2.02. The van der Waals surface area contributed by atoms with E-state index in [0.717, 1.165) is 19.1 Å². The van der Waals surface area contributed by atoms with E-state index in [0.29, 0.717) is 30.3 Å². The summed E-state index contributed by atoms with van der Waals surface area (Å²) in [6, 6.07) is 7.38. The lowest BCUT2D eigenvalue weighted by Crippen LogP contribution is -2.10. The fourth-order valence-corrected chi connectivity index (χ4v) is 1.74. The van der Waals surface area contributed by atoms with Gasteiger partial charge in [-0.1, -0.05) is 0 Å². The zero-order valence-electron chi connectivity index (χ0n) is 12.3. The molecule has 1 aromatic rings. The van der Waals surface area contributed by atoms with Crippen molar-refractivity contribution in [3.8, 4) is 17.6 Å². The third-order valence-electron chi connectivity index (χ3n) is 2.91. The van der Waals surface area contributed by atoms with Gasteiger partial charge in [0.2, 0.25) is 0 Å². The molecule has 108 valence electrons. The van der Waals surface area contributed by atoms with Crippen LogP contribution in [0.2, 0.25) is 0 Å². The Bertz CT molecular complexity index is 489. The largest absolute Gasteiger partial charge is 0.490 e. The van der Waals surface area contributed by atoms with Gasteiger partial charge >= 0.3 is 0 Å². The number of ether oxygens (including phenoxy) is 2. The van der Waals surface area contributed by atoms with E-state index in [1.807, 2.05) is 20.8 Å². The summed E-state index contributed by atoms with van der Waals surface area (Å²) in [5.41, 5.74) is 0.236. The Morgan fingerprint density at radius 2 is 2.05 bits per heavy atom. The van der Waals surface area contributed by atoms with Gasteiger partial charge < -0.3 is 9.47 Å². The number of carbonyl (C=O) groups is 1. The van der Waals surface area contributed by atoms with Crippen molar-refractivity contribution in [3.05, 3.63) is 23.8 Å². The summed E-state index contributed by atoms with van der Waals surface area (Å²) in [7, 11) is 0. The third kappa shape index (κ3) is 4.93. The van der Waals surface area contributed by atoms with Gasteiger partial charge in [0.05, 0.1) is 24.7 Å². The summed E-state index contributed by atoms with van der Waals surface area (Å²) < 4.78 is 11.1. The van der Waals surface area contributed by atoms with E-state index in [1.54, 1.807) is 18.2 Å². The first-order chi connectivity index (χ1) is 9.52. The fourth-order valence-electron chi connectivity index (χ4n) is 1.74. The summed E-state index contributed by atoms with van der Waals surface area (Å²) in [5, 5.41) is 8.94. The number of aldehydes is 1. The summed E-state index contributed by atoms with van der Waals surface area (Å²) in [6.07, 6.45) is 2.35. The molecule has 0 spiro atoms. The topological polar surface area (TPSA) is 59.3 Å². The van der Waals surface area contributed by atoms with Gasteiger partial charge in [0, 0.05) is 5.56 Å². The van der Waals surface area contributed by atoms with Crippen LogP contribution in [0.5, 0.6) is 11.5 Å². The van der Waals surface area contributed by atoms with Crippen molar-refractivity contribution in [2.24, 2.45) is 5.41 Å². The summed E-state index contributed by atoms with van der Waals surface area (Å²) in [5.74, 6) is 1.21. The molecular weight excluding hydrogens is 254 g/mol. The number of hydrogen-bond donors (Lipinski definition) is 0. The molecule has 4 heteroatoms. The molecule has 0 radical (unpaired) electrons. The van der Waals surface area contributed by atoms with E-state index in [4.69, 9.17) is 14.7 Å². The Morgan fingerprint density at radius 1 is 1.30 bits per heavy atom. The second-order valence-corrected chi connectivity index (χ2v) is 5.20. The quantitative estimate of drug-likeness (QED) is 0.537. The summed E-state index contributed by atoms with van der Waals surface area (Å²) >= 11 is 0. The zero-order valence-corrected chi connectivity index (χ0v) is 12.3. The van der Waals surface area contributed by atoms with Gasteiger partial charge in [-0.3, -0.25) is 4.79 Å². The van der Waals surface area contributed by atoms with Gasteiger partial charge in [-0.15, -0.1) is 0 Å². The van der Waals surface area contributed by atoms with Crippen molar-refractivity contribution >= 4 is 6.29 Å². The highest BCUT2D eigenvalue weighted by Crippen LogP contribution is 2.29. The minimum absolute atomic E-state index is 0.326. The molecule has 1 aromatic carbocycles. The lowest BCUT2D eigenvalue weighted by Gasteiger charge is -2.16. The standard InChI is InChI=1S/C16H21NO3/c1-4-19-15-10-13(11-18)6-7-14(15)20-9-5-8-16(2,3)12-17/h6-7,10-11H,4-5,8-9H2,1-3H3. The van der Waals surface area contributed by atoms with Crippen LogP contribution in [0, 0.1) is 16.7 Å². The van der Waals surface area contributed by atoms with Crippen molar-refractivity contribution < 1.29 is 14.3 Å². The summed E-state index contributed by atoms with van der Waals surface area (Å²) in [4.78, 5) is 10.8. The summed E-state index contributed by atoms with van der Waals surface area (Å²) in [6.45, 7) is 6.74. The highest BCUT2D eigenvalue weighted by atomic mass is 16.5. The molecule has 0 aliphatic heterocycles. The molecule has 0 unspecified atom stereocenters. The molecule has 0 aliphatic carbocycles. The van der Waals surface area contributed by atoms with Crippen LogP contribution in [0.1, 0.15) is 44.0 Å². The Balaban J connectivity index is 2.59. The van der Waals surface area contributed by atoms with Crippen LogP contribution in [0.25, 0.3) is 0 Å². The maximum absolute atomic E-state index is 10.8. The molecule has 0 atom stereocenters.